The van der Waals surface area contributed by atoms with Crippen LogP contribution in [0, 0.1) is 0 Å². The van der Waals surface area contributed by atoms with Crippen molar-refractivity contribution in [2.45, 2.75) is 6.42 Å². The number of aromatic nitrogens is 1. The number of nitrogens with zero attached hydrogens (tertiary/aromatic N) is 3. The minimum absolute atomic E-state index is 0.236. The molecule has 0 bridgehead atoms. The van der Waals surface area contributed by atoms with Gasteiger partial charge in [0.1, 0.15) is 5.82 Å². The monoisotopic (exact) mass is 236 g/mol. The third kappa shape index (κ3) is 3.31. The summed E-state index contributed by atoms with van der Waals surface area (Å²) < 4.78 is 0. The molecule has 0 radical (unpaired) electrons. The molecule has 94 valence electrons. The summed E-state index contributed by atoms with van der Waals surface area (Å²) in [6.07, 6.45) is 2.80. The van der Waals surface area contributed by atoms with E-state index < -0.39 is 0 Å². The Morgan fingerprint density at radius 1 is 1.24 bits per heavy atom. The minimum Gasteiger partial charge on any atom is -0.397 e. The van der Waals surface area contributed by atoms with E-state index in [1.165, 1.54) is 0 Å². The Bertz CT molecular complexity index is 341. The van der Waals surface area contributed by atoms with Crippen LogP contribution >= 0.6 is 0 Å². The van der Waals surface area contributed by atoms with E-state index in [4.69, 9.17) is 10.8 Å². The highest BCUT2D eigenvalue weighted by molar-refractivity contribution is 5.45. The first-order chi connectivity index (χ1) is 8.29. The van der Waals surface area contributed by atoms with E-state index in [2.05, 4.69) is 14.8 Å². The predicted octanol–water partition coefficient (Wildman–Crippen LogP) is 0.168. The molecule has 0 aromatic carbocycles. The van der Waals surface area contributed by atoms with E-state index >= 15 is 0 Å². The Kier molecular flexibility index (Phi) is 4.17. The summed E-state index contributed by atoms with van der Waals surface area (Å²) in [5.74, 6) is 0.991. The van der Waals surface area contributed by atoms with E-state index in [9.17, 15) is 0 Å². The normalized spacial score (nSPS) is 18.1. The van der Waals surface area contributed by atoms with E-state index in [1.54, 1.807) is 6.20 Å². The lowest BCUT2D eigenvalue weighted by Crippen LogP contribution is -2.32. The molecule has 0 aliphatic carbocycles. The van der Waals surface area contributed by atoms with Crippen molar-refractivity contribution < 1.29 is 5.11 Å². The first-order valence-corrected chi connectivity index (χ1v) is 6.09. The maximum absolute atomic E-state index is 8.94. The van der Waals surface area contributed by atoms with Crippen molar-refractivity contribution in [3.8, 4) is 0 Å². The summed E-state index contributed by atoms with van der Waals surface area (Å²) in [5, 5.41) is 8.94. The van der Waals surface area contributed by atoms with Gasteiger partial charge in [-0.2, -0.15) is 0 Å². The number of anilines is 2. The third-order valence-electron chi connectivity index (χ3n) is 3.10. The lowest BCUT2D eigenvalue weighted by Gasteiger charge is -2.22. The van der Waals surface area contributed by atoms with Crippen molar-refractivity contribution in [3.05, 3.63) is 18.3 Å². The number of aliphatic hydroxyl groups is 1. The van der Waals surface area contributed by atoms with Crippen LogP contribution in [0.5, 0.6) is 0 Å². The van der Waals surface area contributed by atoms with Gasteiger partial charge >= 0.3 is 0 Å². The van der Waals surface area contributed by atoms with Crippen LogP contribution in [-0.2, 0) is 0 Å². The van der Waals surface area contributed by atoms with Crippen LogP contribution in [0.2, 0.25) is 0 Å². The zero-order valence-corrected chi connectivity index (χ0v) is 10.0. The summed E-state index contributed by atoms with van der Waals surface area (Å²) in [6.45, 7) is 5.00. The molecular weight excluding hydrogens is 216 g/mol. The fraction of sp³-hybridized carbons (Fsp3) is 0.583. The second-order valence-corrected chi connectivity index (χ2v) is 4.36. The average Bonchev–Trinajstić information content (AvgIpc) is 2.56. The van der Waals surface area contributed by atoms with E-state index in [0.29, 0.717) is 5.69 Å². The highest BCUT2D eigenvalue weighted by Gasteiger charge is 2.15. The maximum Gasteiger partial charge on any atom is 0.128 e. The molecule has 5 nitrogen and oxygen atoms in total. The smallest absolute Gasteiger partial charge is 0.128 e. The number of hydrogen-bond acceptors (Lipinski definition) is 5. The molecule has 1 aromatic heterocycles. The maximum atomic E-state index is 8.94. The van der Waals surface area contributed by atoms with Crippen molar-refractivity contribution in [1.82, 2.24) is 9.88 Å². The molecule has 0 saturated carbocycles. The number of nitrogen functional groups attached to an aromatic ring is 1. The molecule has 1 aliphatic heterocycles. The van der Waals surface area contributed by atoms with Crippen molar-refractivity contribution >= 4 is 11.5 Å². The second-order valence-electron chi connectivity index (χ2n) is 4.36. The van der Waals surface area contributed by atoms with Crippen LogP contribution in [0.1, 0.15) is 6.42 Å². The van der Waals surface area contributed by atoms with Gasteiger partial charge in [-0.15, -0.1) is 0 Å². The Morgan fingerprint density at radius 2 is 2.12 bits per heavy atom. The van der Waals surface area contributed by atoms with Gasteiger partial charge in [-0.1, -0.05) is 0 Å². The first kappa shape index (κ1) is 12.1. The SMILES string of the molecule is Nc1ccc(N2CCCN(CCO)CC2)nc1. The predicted molar refractivity (Wildman–Crippen MR) is 69.0 cm³/mol. The van der Waals surface area contributed by atoms with Crippen molar-refractivity contribution in [1.29, 1.82) is 0 Å². The summed E-state index contributed by atoms with van der Waals surface area (Å²) >= 11 is 0. The highest BCUT2D eigenvalue weighted by Crippen LogP contribution is 2.14. The summed E-state index contributed by atoms with van der Waals surface area (Å²) in [4.78, 5) is 8.91. The van der Waals surface area contributed by atoms with Gasteiger partial charge in [0.15, 0.2) is 0 Å². The number of rotatable bonds is 3. The summed E-state index contributed by atoms with van der Waals surface area (Å²) in [5.41, 5.74) is 6.33. The Balaban J connectivity index is 1.96. The van der Waals surface area contributed by atoms with Gasteiger partial charge < -0.3 is 15.7 Å². The number of β-amino-alcohol motifs (C(OH)–C–C–N with tert-alkyl or cyclic N) is 1. The van der Waals surface area contributed by atoms with Gasteiger partial charge in [-0.3, -0.25) is 4.90 Å². The van der Waals surface area contributed by atoms with Crippen LogP contribution in [0.3, 0.4) is 0 Å². The van der Waals surface area contributed by atoms with Crippen LogP contribution in [0.25, 0.3) is 0 Å². The average molecular weight is 236 g/mol. The zero-order valence-electron chi connectivity index (χ0n) is 10.0. The standard InChI is InChI=1S/C12H20N4O/c13-11-2-3-12(14-10-11)16-5-1-4-15(6-7-16)8-9-17/h2-3,10,17H,1,4-9,13H2. The molecule has 0 atom stereocenters. The Hall–Kier alpha value is -1.33. The van der Waals surface area contributed by atoms with Crippen molar-refractivity contribution in [2.75, 3.05) is 50.0 Å². The molecule has 2 rings (SSSR count). The molecule has 1 fully saturated rings. The Labute approximate surface area is 102 Å². The number of hydrogen-bond donors (Lipinski definition) is 2. The van der Waals surface area contributed by atoms with Gasteiger partial charge in [0.25, 0.3) is 0 Å². The first-order valence-electron chi connectivity index (χ1n) is 6.09. The zero-order chi connectivity index (χ0) is 12.1. The van der Waals surface area contributed by atoms with Crippen LogP contribution in [0.4, 0.5) is 11.5 Å². The van der Waals surface area contributed by atoms with Crippen LogP contribution in [0.15, 0.2) is 18.3 Å². The number of pyridine rings is 1. The lowest BCUT2D eigenvalue weighted by atomic mass is 10.3. The van der Waals surface area contributed by atoms with Crippen LogP contribution < -0.4 is 10.6 Å². The van der Waals surface area contributed by atoms with Gasteiger partial charge in [-0.05, 0) is 25.1 Å². The van der Waals surface area contributed by atoms with Gasteiger partial charge in [0, 0.05) is 26.2 Å². The fourth-order valence-electron chi connectivity index (χ4n) is 2.15. The van der Waals surface area contributed by atoms with Crippen molar-refractivity contribution in [2.24, 2.45) is 0 Å². The van der Waals surface area contributed by atoms with E-state index in [0.717, 1.165) is 45.0 Å². The van der Waals surface area contributed by atoms with Gasteiger partial charge in [0.05, 0.1) is 18.5 Å². The van der Waals surface area contributed by atoms with E-state index in [1.807, 2.05) is 12.1 Å². The molecule has 1 aromatic rings. The van der Waals surface area contributed by atoms with Crippen molar-refractivity contribution in [3.63, 3.8) is 0 Å². The third-order valence-corrected chi connectivity index (χ3v) is 3.10. The second kappa shape index (κ2) is 5.84. The molecule has 1 aliphatic rings. The molecular formula is C12H20N4O. The molecule has 2 heterocycles. The largest absolute Gasteiger partial charge is 0.397 e. The molecule has 5 heteroatoms. The van der Waals surface area contributed by atoms with Gasteiger partial charge in [-0.25, -0.2) is 4.98 Å². The molecule has 0 spiro atoms. The molecule has 17 heavy (non-hydrogen) atoms. The minimum atomic E-state index is 0.236. The molecule has 0 amide bonds. The number of nitrogens with two attached hydrogens (primary N) is 1. The molecule has 0 unspecified atom stereocenters. The molecule has 3 N–H and O–H groups in total. The Morgan fingerprint density at radius 3 is 2.82 bits per heavy atom. The summed E-state index contributed by atoms with van der Waals surface area (Å²) in [7, 11) is 0. The fourth-order valence-corrected chi connectivity index (χ4v) is 2.15. The van der Waals surface area contributed by atoms with Gasteiger partial charge in [0.2, 0.25) is 0 Å². The molecule has 1 saturated heterocycles. The van der Waals surface area contributed by atoms with E-state index in [-0.39, 0.29) is 6.61 Å². The highest BCUT2D eigenvalue weighted by atomic mass is 16.3. The topological polar surface area (TPSA) is 65.6 Å². The van der Waals surface area contributed by atoms with Crippen LogP contribution in [-0.4, -0.2) is 54.3 Å². The quantitative estimate of drug-likeness (QED) is 0.783. The lowest BCUT2D eigenvalue weighted by molar-refractivity contribution is 0.204. The summed E-state index contributed by atoms with van der Waals surface area (Å²) in [6, 6.07) is 3.86. The number of aliphatic hydroxyl groups excluding tert-OH is 1.